The lowest BCUT2D eigenvalue weighted by atomic mass is 9.48. The third-order valence-corrected chi connectivity index (χ3v) is 8.34. The molecule has 6 rings (SSSR count). The standard InChI is InChI=1S/C23H35N3O/c24-21(27)20-19(25-22(26-20)18-5-3-1-2-4-6-18)7-8-23-12-15-9-16(13-23)11-17(10-15)14-23/h15-18H,1-14H2,(H2,24,27)(H,25,26). The number of nitrogens with zero attached hydrogens (tertiary/aromatic N) is 1. The van der Waals surface area contributed by atoms with Crippen molar-refractivity contribution in [3.63, 3.8) is 0 Å². The molecule has 0 aromatic carbocycles. The van der Waals surface area contributed by atoms with E-state index in [0.29, 0.717) is 17.0 Å². The fraction of sp³-hybridized carbons (Fsp3) is 0.826. The first-order valence-electron chi connectivity index (χ1n) is 11.5. The number of imidazole rings is 1. The predicted octanol–water partition coefficient (Wildman–Crippen LogP) is 5.10. The molecule has 4 bridgehead atoms. The zero-order valence-electron chi connectivity index (χ0n) is 16.6. The zero-order chi connectivity index (χ0) is 18.4. The molecule has 0 aliphatic heterocycles. The molecule has 0 radical (unpaired) electrons. The van der Waals surface area contributed by atoms with E-state index in [9.17, 15) is 4.79 Å². The maximum atomic E-state index is 12.0. The van der Waals surface area contributed by atoms with E-state index in [0.717, 1.165) is 35.7 Å². The third kappa shape index (κ3) is 3.45. The Bertz CT molecular complexity index is 663. The van der Waals surface area contributed by atoms with Gasteiger partial charge in [-0.15, -0.1) is 0 Å². The van der Waals surface area contributed by atoms with Crippen LogP contribution in [-0.4, -0.2) is 15.9 Å². The van der Waals surface area contributed by atoms with Crippen LogP contribution in [0.25, 0.3) is 0 Å². The molecule has 0 saturated heterocycles. The second-order valence-corrected chi connectivity index (χ2v) is 10.4. The highest BCUT2D eigenvalue weighted by Crippen LogP contribution is 2.61. The number of aromatic nitrogens is 2. The molecule has 5 fully saturated rings. The first-order valence-corrected chi connectivity index (χ1v) is 11.5. The van der Waals surface area contributed by atoms with Crippen LogP contribution in [-0.2, 0) is 6.42 Å². The number of amides is 1. The SMILES string of the molecule is NC(=O)c1nc(C2CCCCCC2)[nH]c1CCC12CC3CC(CC(C3)C1)C2. The van der Waals surface area contributed by atoms with Gasteiger partial charge in [-0.3, -0.25) is 4.79 Å². The van der Waals surface area contributed by atoms with E-state index in [2.05, 4.69) is 4.98 Å². The second-order valence-electron chi connectivity index (χ2n) is 10.4. The number of nitrogens with two attached hydrogens (primary N) is 1. The first-order chi connectivity index (χ1) is 13.1. The number of hydrogen-bond donors (Lipinski definition) is 2. The van der Waals surface area contributed by atoms with Gasteiger partial charge in [0.15, 0.2) is 0 Å². The van der Waals surface area contributed by atoms with Gasteiger partial charge in [0.1, 0.15) is 11.5 Å². The summed E-state index contributed by atoms with van der Waals surface area (Å²) in [5.74, 6) is 4.11. The van der Waals surface area contributed by atoms with E-state index in [4.69, 9.17) is 10.7 Å². The lowest BCUT2D eigenvalue weighted by molar-refractivity contribution is -0.0570. The summed E-state index contributed by atoms with van der Waals surface area (Å²) in [4.78, 5) is 20.3. The van der Waals surface area contributed by atoms with E-state index >= 15 is 0 Å². The van der Waals surface area contributed by atoms with Gasteiger partial charge in [0, 0.05) is 11.6 Å². The molecule has 0 atom stereocenters. The van der Waals surface area contributed by atoms with Crippen molar-refractivity contribution in [2.75, 3.05) is 0 Å². The number of aryl methyl sites for hydroxylation is 1. The fourth-order valence-electron chi connectivity index (χ4n) is 7.55. The third-order valence-electron chi connectivity index (χ3n) is 8.34. The molecule has 148 valence electrons. The quantitative estimate of drug-likeness (QED) is 0.709. The van der Waals surface area contributed by atoms with Crippen molar-refractivity contribution in [1.82, 2.24) is 9.97 Å². The summed E-state index contributed by atoms with van der Waals surface area (Å²) in [6.45, 7) is 0. The second kappa shape index (κ2) is 6.93. The molecular formula is C23H35N3O. The maximum absolute atomic E-state index is 12.0. The van der Waals surface area contributed by atoms with Crippen LogP contribution in [0.3, 0.4) is 0 Å². The monoisotopic (exact) mass is 369 g/mol. The normalized spacial score (nSPS) is 36.1. The van der Waals surface area contributed by atoms with Crippen molar-refractivity contribution in [2.45, 2.75) is 95.8 Å². The summed E-state index contributed by atoms with van der Waals surface area (Å²) in [5, 5.41) is 0. The summed E-state index contributed by atoms with van der Waals surface area (Å²) < 4.78 is 0. The fourth-order valence-corrected chi connectivity index (χ4v) is 7.55. The average molecular weight is 370 g/mol. The van der Waals surface area contributed by atoms with Crippen LogP contribution in [0.5, 0.6) is 0 Å². The molecule has 4 heteroatoms. The van der Waals surface area contributed by atoms with E-state index in [-0.39, 0.29) is 5.91 Å². The van der Waals surface area contributed by atoms with Gasteiger partial charge in [0.05, 0.1) is 0 Å². The van der Waals surface area contributed by atoms with Crippen LogP contribution in [0.4, 0.5) is 0 Å². The molecule has 3 N–H and O–H groups in total. The highest BCUT2D eigenvalue weighted by atomic mass is 16.1. The minimum absolute atomic E-state index is 0.355. The van der Waals surface area contributed by atoms with Crippen LogP contribution in [0, 0.1) is 23.2 Å². The van der Waals surface area contributed by atoms with Crippen molar-refractivity contribution in [3.8, 4) is 0 Å². The van der Waals surface area contributed by atoms with Crippen LogP contribution < -0.4 is 5.73 Å². The molecule has 0 spiro atoms. The van der Waals surface area contributed by atoms with Crippen molar-refractivity contribution in [2.24, 2.45) is 28.9 Å². The number of primary amides is 1. The number of H-pyrrole nitrogens is 1. The molecule has 5 aliphatic carbocycles. The Labute approximate surface area is 163 Å². The van der Waals surface area contributed by atoms with Gasteiger partial charge in [-0.2, -0.15) is 0 Å². The Morgan fingerprint density at radius 2 is 1.59 bits per heavy atom. The first kappa shape index (κ1) is 17.8. The Balaban J connectivity index is 1.33. The predicted molar refractivity (Wildman–Crippen MR) is 106 cm³/mol. The molecule has 1 heterocycles. The van der Waals surface area contributed by atoms with Gasteiger partial charge < -0.3 is 10.7 Å². The Morgan fingerprint density at radius 3 is 2.15 bits per heavy atom. The summed E-state index contributed by atoms with van der Waals surface area (Å²) in [7, 11) is 0. The molecule has 5 aliphatic rings. The highest BCUT2D eigenvalue weighted by Gasteiger charge is 2.50. The van der Waals surface area contributed by atoms with Gasteiger partial charge in [-0.25, -0.2) is 4.98 Å². The molecule has 0 unspecified atom stereocenters. The minimum Gasteiger partial charge on any atom is -0.364 e. The van der Waals surface area contributed by atoms with Gasteiger partial charge in [-0.1, -0.05) is 25.7 Å². The Kier molecular flexibility index (Phi) is 4.56. The number of aromatic amines is 1. The van der Waals surface area contributed by atoms with E-state index in [1.165, 1.54) is 83.5 Å². The highest BCUT2D eigenvalue weighted by molar-refractivity contribution is 5.92. The summed E-state index contributed by atoms with van der Waals surface area (Å²) in [6, 6.07) is 0. The number of rotatable bonds is 5. The largest absolute Gasteiger partial charge is 0.364 e. The van der Waals surface area contributed by atoms with E-state index < -0.39 is 0 Å². The smallest absolute Gasteiger partial charge is 0.269 e. The van der Waals surface area contributed by atoms with Gasteiger partial charge in [-0.05, 0) is 87.4 Å². The summed E-state index contributed by atoms with van der Waals surface area (Å²) in [5.41, 5.74) is 7.79. The summed E-state index contributed by atoms with van der Waals surface area (Å²) >= 11 is 0. The van der Waals surface area contributed by atoms with Gasteiger partial charge in [0.2, 0.25) is 0 Å². The van der Waals surface area contributed by atoms with Crippen LogP contribution in [0.15, 0.2) is 0 Å². The maximum Gasteiger partial charge on any atom is 0.269 e. The average Bonchev–Trinajstić information content (AvgIpc) is 2.86. The zero-order valence-corrected chi connectivity index (χ0v) is 16.6. The molecule has 1 aromatic heterocycles. The van der Waals surface area contributed by atoms with Gasteiger partial charge in [0.25, 0.3) is 5.91 Å². The molecule has 1 amide bonds. The summed E-state index contributed by atoms with van der Waals surface area (Å²) in [6.07, 6.45) is 18.5. The number of carbonyl (C=O) groups is 1. The Hall–Kier alpha value is -1.32. The lowest BCUT2D eigenvalue weighted by Gasteiger charge is -2.57. The molecular weight excluding hydrogens is 334 g/mol. The lowest BCUT2D eigenvalue weighted by Crippen LogP contribution is -2.46. The minimum atomic E-state index is -0.355. The van der Waals surface area contributed by atoms with Crippen LogP contribution in [0.1, 0.15) is 111 Å². The number of hydrogen-bond acceptors (Lipinski definition) is 2. The van der Waals surface area contributed by atoms with Crippen molar-refractivity contribution in [1.29, 1.82) is 0 Å². The molecule has 1 aromatic rings. The van der Waals surface area contributed by atoms with Crippen molar-refractivity contribution >= 4 is 5.91 Å². The molecule has 4 nitrogen and oxygen atoms in total. The topological polar surface area (TPSA) is 71.8 Å². The van der Waals surface area contributed by atoms with E-state index in [1.807, 2.05) is 0 Å². The van der Waals surface area contributed by atoms with Crippen LogP contribution in [0.2, 0.25) is 0 Å². The Morgan fingerprint density at radius 1 is 1.00 bits per heavy atom. The van der Waals surface area contributed by atoms with Gasteiger partial charge >= 0.3 is 0 Å². The van der Waals surface area contributed by atoms with Crippen LogP contribution >= 0.6 is 0 Å². The van der Waals surface area contributed by atoms with Crippen molar-refractivity contribution in [3.05, 3.63) is 17.2 Å². The molecule has 5 saturated carbocycles. The number of carbonyl (C=O) groups excluding carboxylic acids is 1. The van der Waals surface area contributed by atoms with E-state index in [1.54, 1.807) is 0 Å². The number of nitrogens with one attached hydrogen (secondary N) is 1. The van der Waals surface area contributed by atoms with Crippen molar-refractivity contribution < 1.29 is 4.79 Å². The molecule has 27 heavy (non-hydrogen) atoms.